The molecule has 9 nitrogen and oxygen atoms in total. The molecule has 0 saturated carbocycles. The number of anilines is 1. The lowest BCUT2D eigenvalue weighted by molar-refractivity contribution is -0.121. The Labute approximate surface area is 260 Å². The second kappa shape index (κ2) is 11.5. The van der Waals surface area contributed by atoms with Gasteiger partial charge in [-0.05, 0) is 48.9 Å². The quantitative estimate of drug-likeness (QED) is 0.169. The molecule has 0 aliphatic carbocycles. The van der Waals surface area contributed by atoms with E-state index >= 15 is 0 Å². The molecule has 0 aliphatic heterocycles. The first kappa shape index (κ1) is 28.3. The number of para-hydroxylation sites is 1. The van der Waals surface area contributed by atoms with Crippen LogP contribution < -0.4 is 16.2 Å². The summed E-state index contributed by atoms with van der Waals surface area (Å²) in [7, 11) is 0. The van der Waals surface area contributed by atoms with Gasteiger partial charge in [0.2, 0.25) is 5.91 Å². The van der Waals surface area contributed by atoms with Crippen LogP contribution in [0, 0.1) is 5.82 Å². The molecule has 1 amide bonds. The number of nitrogens with zero attached hydrogens (tertiary/aromatic N) is 3. The molecule has 4 aromatic heterocycles. The Hall–Kier alpha value is -5.48. The third-order valence-electron chi connectivity index (χ3n) is 7.83. The third-order valence-corrected chi connectivity index (χ3v) is 8.26. The molecular formula is C34H26ClFN6O3. The van der Waals surface area contributed by atoms with Crippen LogP contribution in [0.5, 0.6) is 0 Å². The lowest BCUT2D eigenvalue weighted by atomic mass is 10.0. The van der Waals surface area contributed by atoms with Gasteiger partial charge in [-0.1, -0.05) is 48.0 Å². The number of H-pyrrole nitrogens is 1. The van der Waals surface area contributed by atoms with Gasteiger partial charge in [0, 0.05) is 34.1 Å². The van der Waals surface area contributed by atoms with Crippen LogP contribution in [-0.4, -0.2) is 25.4 Å². The average Bonchev–Trinajstić information content (AvgIpc) is 3.59. The molecule has 3 N–H and O–H groups in total. The molecule has 7 rings (SSSR count). The highest BCUT2D eigenvalue weighted by Gasteiger charge is 2.20. The molecule has 0 unspecified atom stereocenters. The van der Waals surface area contributed by atoms with Crippen molar-refractivity contribution in [1.82, 2.24) is 24.8 Å². The predicted octanol–water partition coefficient (Wildman–Crippen LogP) is 6.97. The highest BCUT2D eigenvalue weighted by atomic mass is 35.5. The van der Waals surface area contributed by atoms with E-state index in [1.54, 1.807) is 36.7 Å². The first-order valence-electron chi connectivity index (χ1n) is 14.3. The largest absolute Gasteiger partial charge is 0.456 e. The van der Waals surface area contributed by atoms with Crippen molar-refractivity contribution in [3.8, 4) is 11.3 Å². The number of furan rings is 1. The van der Waals surface area contributed by atoms with Crippen LogP contribution in [0.15, 0.2) is 101 Å². The van der Waals surface area contributed by atoms with Crippen molar-refractivity contribution in [2.24, 2.45) is 0 Å². The minimum absolute atomic E-state index is 0.0266. The average molecular weight is 621 g/mol. The first-order chi connectivity index (χ1) is 21.9. The Morgan fingerprint density at radius 2 is 1.82 bits per heavy atom. The Kier molecular flexibility index (Phi) is 7.26. The maximum atomic E-state index is 14.9. The fraction of sp³-hybridized carbons (Fsp3) is 0.118. The minimum Gasteiger partial charge on any atom is -0.456 e. The molecular weight excluding hydrogens is 595 g/mol. The number of aromatic nitrogens is 4. The van der Waals surface area contributed by atoms with Crippen LogP contribution in [-0.2, 0) is 17.9 Å². The van der Waals surface area contributed by atoms with Crippen LogP contribution in [0.2, 0.25) is 5.02 Å². The lowest BCUT2D eigenvalue weighted by Crippen LogP contribution is -2.34. The number of pyridine rings is 1. The standard InChI is InChI=1S/C34H26ClFN6O3/c1-19(20-10-11-30-23(14-20)21-6-3-5-9-29(21)45-30)40-33-34(44)42(28(17-39-33)22-7-2-4-8-25(22)36)18-31(43)38-16-27-32(35)24-15-37-13-12-26(24)41-27/h2-15,17,19,41H,16,18H2,1H3,(H,38,43)(H,39,40)/t19-/m1/s1. The zero-order chi connectivity index (χ0) is 31.1. The van der Waals surface area contributed by atoms with E-state index in [1.807, 2.05) is 49.4 Å². The van der Waals surface area contributed by atoms with E-state index in [9.17, 15) is 14.0 Å². The number of aromatic amines is 1. The number of hydrogen-bond donors (Lipinski definition) is 3. The molecule has 0 spiro atoms. The van der Waals surface area contributed by atoms with Gasteiger partial charge in [-0.3, -0.25) is 19.1 Å². The first-order valence-corrected chi connectivity index (χ1v) is 14.6. The maximum absolute atomic E-state index is 14.9. The summed E-state index contributed by atoms with van der Waals surface area (Å²) in [6.07, 6.45) is 4.68. The number of benzene rings is 3. The van der Waals surface area contributed by atoms with Crippen molar-refractivity contribution < 1.29 is 13.6 Å². The lowest BCUT2D eigenvalue weighted by Gasteiger charge is -2.18. The monoisotopic (exact) mass is 620 g/mol. The van der Waals surface area contributed by atoms with E-state index in [1.165, 1.54) is 16.8 Å². The Balaban J connectivity index is 1.18. The van der Waals surface area contributed by atoms with Crippen LogP contribution in [0.1, 0.15) is 24.2 Å². The van der Waals surface area contributed by atoms with Crippen molar-refractivity contribution >= 4 is 56.2 Å². The van der Waals surface area contributed by atoms with Gasteiger partial charge in [0.15, 0.2) is 5.82 Å². The second-order valence-corrected chi connectivity index (χ2v) is 11.1. The van der Waals surface area contributed by atoms with Gasteiger partial charge in [-0.2, -0.15) is 0 Å². The smallest absolute Gasteiger partial charge is 0.294 e. The number of halogens is 2. The normalized spacial score (nSPS) is 12.2. The summed E-state index contributed by atoms with van der Waals surface area (Å²) in [4.78, 5) is 38.7. The molecule has 0 aliphatic rings. The number of carbonyl (C=O) groups excluding carboxylic acids is 1. The van der Waals surface area contributed by atoms with Gasteiger partial charge in [0.1, 0.15) is 23.5 Å². The molecule has 0 radical (unpaired) electrons. The van der Waals surface area contributed by atoms with E-state index in [0.717, 1.165) is 38.4 Å². The van der Waals surface area contributed by atoms with Crippen LogP contribution in [0.3, 0.4) is 0 Å². The van der Waals surface area contributed by atoms with Gasteiger partial charge in [-0.25, -0.2) is 9.37 Å². The van der Waals surface area contributed by atoms with E-state index in [-0.39, 0.29) is 36.2 Å². The van der Waals surface area contributed by atoms with Gasteiger partial charge in [0.05, 0.1) is 40.7 Å². The molecule has 7 aromatic rings. The second-order valence-electron chi connectivity index (χ2n) is 10.7. The maximum Gasteiger partial charge on any atom is 0.294 e. The Morgan fingerprint density at radius 1 is 1.02 bits per heavy atom. The van der Waals surface area contributed by atoms with E-state index in [0.29, 0.717) is 10.7 Å². The third kappa shape index (κ3) is 5.29. The molecule has 11 heteroatoms. The van der Waals surface area contributed by atoms with Gasteiger partial charge in [-0.15, -0.1) is 0 Å². The molecule has 0 fully saturated rings. The van der Waals surface area contributed by atoms with Crippen LogP contribution >= 0.6 is 11.6 Å². The highest BCUT2D eigenvalue weighted by molar-refractivity contribution is 6.36. The topological polar surface area (TPSA) is 118 Å². The zero-order valence-corrected chi connectivity index (χ0v) is 24.7. The van der Waals surface area contributed by atoms with Crippen molar-refractivity contribution in [3.63, 3.8) is 0 Å². The molecule has 4 heterocycles. The zero-order valence-electron chi connectivity index (χ0n) is 24.0. The summed E-state index contributed by atoms with van der Waals surface area (Å²) in [5.41, 5.74) is 3.61. The van der Waals surface area contributed by atoms with Crippen molar-refractivity contribution in [1.29, 1.82) is 0 Å². The number of hydrogen-bond acceptors (Lipinski definition) is 6. The van der Waals surface area contributed by atoms with E-state index in [2.05, 4.69) is 25.6 Å². The summed E-state index contributed by atoms with van der Waals surface area (Å²) in [6, 6.07) is 21.1. The Bertz CT molecular complexity index is 2290. The highest BCUT2D eigenvalue weighted by Crippen LogP contribution is 2.31. The molecule has 224 valence electrons. The van der Waals surface area contributed by atoms with Crippen molar-refractivity contribution in [3.05, 3.63) is 124 Å². The molecule has 0 bridgehead atoms. The molecule has 3 aromatic carbocycles. The van der Waals surface area contributed by atoms with E-state index in [4.69, 9.17) is 16.0 Å². The summed E-state index contributed by atoms with van der Waals surface area (Å²) in [5.74, 6) is -0.982. The summed E-state index contributed by atoms with van der Waals surface area (Å²) in [6.45, 7) is 1.63. The molecule has 45 heavy (non-hydrogen) atoms. The van der Waals surface area contributed by atoms with Gasteiger partial charge in [0.25, 0.3) is 5.56 Å². The summed E-state index contributed by atoms with van der Waals surface area (Å²) in [5, 5.41) is 9.14. The number of nitrogens with one attached hydrogen (secondary N) is 3. The Morgan fingerprint density at radius 3 is 2.67 bits per heavy atom. The fourth-order valence-electron chi connectivity index (χ4n) is 5.50. The number of fused-ring (bicyclic) bond motifs is 4. The molecule has 0 saturated heterocycles. The minimum atomic E-state index is -0.567. The number of rotatable bonds is 8. The van der Waals surface area contributed by atoms with Crippen LogP contribution in [0.4, 0.5) is 10.2 Å². The number of carbonyl (C=O) groups is 1. The number of amides is 1. The van der Waals surface area contributed by atoms with Crippen molar-refractivity contribution in [2.75, 3.05) is 5.32 Å². The van der Waals surface area contributed by atoms with Gasteiger partial charge < -0.3 is 20.0 Å². The molecule has 1 atom stereocenters. The van der Waals surface area contributed by atoms with Crippen molar-refractivity contribution in [2.45, 2.75) is 26.1 Å². The fourth-order valence-corrected chi connectivity index (χ4v) is 5.76. The van der Waals surface area contributed by atoms with Gasteiger partial charge >= 0.3 is 0 Å². The summed E-state index contributed by atoms with van der Waals surface area (Å²) >= 11 is 6.48. The van der Waals surface area contributed by atoms with E-state index < -0.39 is 17.3 Å². The SMILES string of the molecule is C[C@@H](Nc1ncc(-c2ccccc2F)n(CC(=O)NCc2[nH]c3ccncc3c2Cl)c1=O)c1ccc2oc3ccccc3c2c1. The van der Waals surface area contributed by atoms with Crippen LogP contribution in [0.25, 0.3) is 44.1 Å². The predicted molar refractivity (Wildman–Crippen MR) is 173 cm³/mol. The summed E-state index contributed by atoms with van der Waals surface area (Å²) < 4.78 is 22.1.